The molecule has 0 unspecified atom stereocenters. The van der Waals surface area contributed by atoms with Gasteiger partial charge in [0.2, 0.25) is 11.2 Å². The summed E-state index contributed by atoms with van der Waals surface area (Å²) in [5.41, 5.74) is 0.483. The lowest BCUT2D eigenvalue weighted by Gasteiger charge is -1.94. The van der Waals surface area contributed by atoms with Crippen LogP contribution in [-0.4, -0.2) is 12.2 Å². The molecule has 0 radical (unpaired) electrons. The quantitative estimate of drug-likeness (QED) is 0.678. The summed E-state index contributed by atoms with van der Waals surface area (Å²) in [6, 6.07) is 4.51. The third-order valence-corrected chi connectivity index (χ3v) is 1.52. The molecule has 0 bridgehead atoms. The predicted molar refractivity (Wildman–Crippen MR) is 45.7 cm³/mol. The maximum absolute atomic E-state index is 11.2. The average Bonchev–Trinajstić information content (AvgIpc) is 2.12. The molecule has 0 spiro atoms. The van der Waals surface area contributed by atoms with Gasteiger partial charge in [0.25, 0.3) is 0 Å². The second kappa shape index (κ2) is 3.26. The van der Waals surface area contributed by atoms with Gasteiger partial charge in [0.15, 0.2) is 5.75 Å². The first-order valence-electron chi connectivity index (χ1n) is 3.53. The molecule has 0 fully saturated rings. The summed E-state index contributed by atoms with van der Waals surface area (Å²) in [5.74, 6) is -0.140. The van der Waals surface area contributed by atoms with Crippen molar-refractivity contribution >= 4 is 0 Å². The Bertz CT molecular complexity index is 344. The van der Waals surface area contributed by atoms with Crippen LogP contribution in [0.3, 0.4) is 0 Å². The van der Waals surface area contributed by atoms with Crippen LogP contribution in [0, 0.1) is 6.92 Å². The fourth-order valence-corrected chi connectivity index (χ4v) is 0.938. The van der Waals surface area contributed by atoms with Crippen molar-refractivity contribution in [1.82, 2.24) is 0 Å². The van der Waals surface area contributed by atoms with Crippen LogP contribution >= 0.6 is 0 Å². The lowest BCUT2D eigenvalue weighted by Crippen LogP contribution is -2.00. The number of aromatic hydroxyl groups is 1. The SMILES string of the molecule is COc1c(O)ccc(C)cc1=O. The highest BCUT2D eigenvalue weighted by atomic mass is 16.5. The minimum absolute atomic E-state index is 0.0110. The van der Waals surface area contributed by atoms with Crippen LogP contribution in [0.1, 0.15) is 5.56 Å². The van der Waals surface area contributed by atoms with E-state index < -0.39 is 0 Å². The molecule has 0 aliphatic heterocycles. The third kappa shape index (κ3) is 1.56. The van der Waals surface area contributed by atoms with Gasteiger partial charge in [-0.3, -0.25) is 4.79 Å². The standard InChI is InChI=1S/C9H10O3/c1-6-3-4-7(10)9(12-2)8(11)5-6/h3-5,10H,1-2H3. The van der Waals surface area contributed by atoms with Crippen LogP contribution in [-0.2, 0) is 0 Å². The monoisotopic (exact) mass is 166 g/mol. The molecule has 64 valence electrons. The van der Waals surface area contributed by atoms with Gasteiger partial charge < -0.3 is 9.84 Å². The summed E-state index contributed by atoms with van der Waals surface area (Å²) in [6.07, 6.45) is 0. The highest BCUT2D eigenvalue weighted by Gasteiger charge is 2.02. The van der Waals surface area contributed by atoms with Crippen molar-refractivity contribution in [3.05, 3.63) is 34.0 Å². The van der Waals surface area contributed by atoms with Gasteiger partial charge in [-0.1, -0.05) is 6.07 Å². The van der Waals surface area contributed by atoms with Crippen molar-refractivity contribution in [2.24, 2.45) is 0 Å². The van der Waals surface area contributed by atoms with Gasteiger partial charge >= 0.3 is 0 Å². The fourth-order valence-electron chi connectivity index (χ4n) is 0.938. The Morgan fingerprint density at radius 3 is 2.67 bits per heavy atom. The number of hydrogen-bond donors (Lipinski definition) is 1. The van der Waals surface area contributed by atoms with E-state index in [0.717, 1.165) is 5.56 Å². The maximum Gasteiger partial charge on any atom is 0.224 e. The van der Waals surface area contributed by atoms with Crippen molar-refractivity contribution in [1.29, 1.82) is 0 Å². The van der Waals surface area contributed by atoms with Crippen molar-refractivity contribution in [3.63, 3.8) is 0 Å². The van der Waals surface area contributed by atoms with Gasteiger partial charge in [0.1, 0.15) is 0 Å². The first kappa shape index (κ1) is 8.59. The predicted octanol–water partition coefficient (Wildman–Crippen LogP) is 1.07. The molecular formula is C9H10O3. The topological polar surface area (TPSA) is 46.5 Å². The molecule has 0 heterocycles. The zero-order valence-electron chi connectivity index (χ0n) is 7.00. The van der Waals surface area contributed by atoms with E-state index in [1.165, 1.54) is 19.2 Å². The molecule has 0 aromatic heterocycles. The molecule has 0 saturated heterocycles. The Kier molecular flexibility index (Phi) is 2.33. The Balaban J connectivity index is 3.50. The van der Waals surface area contributed by atoms with E-state index in [4.69, 9.17) is 4.74 Å². The van der Waals surface area contributed by atoms with Gasteiger partial charge in [-0.2, -0.15) is 0 Å². The molecule has 0 saturated carbocycles. The molecule has 0 aliphatic carbocycles. The smallest absolute Gasteiger partial charge is 0.224 e. The fraction of sp³-hybridized carbons (Fsp3) is 0.222. The largest absolute Gasteiger partial charge is 0.504 e. The van der Waals surface area contributed by atoms with Crippen LogP contribution < -0.4 is 10.2 Å². The molecule has 3 nitrogen and oxygen atoms in total. The summed E-state index contributed by atoms with van der Waals surface area (Å²) in [4.78, 5) is 11.2. The second-order valence-electron chi connectivity index (χ2n) is 2.50. The van der Waals surface area contributed by atoms with Crippen molar-refractivity contribution < 1.29 is 9.84 Å². The van der Waals surface area contributed by atoms with Crippen LogP contribution in [0.25, 0.3) is 0 Å². The number of ether oxygens (including phenoxy) is 1. The van der Waals surface area contributed by atoms with E-state index in [1.54, 1.807) is 13.0 Å². The van der Waals surface area contributed by atoms with Crippen LogP contribution in [0.4, 0.5) is 0 Å². The zero-order valence-corrected chi connectivity index (χ0v) is 7.00. The van der Waals surface area contributed by atoms with E-state index in [2.05, 4.69) is 0 Å². The average molecular weight is 166 g/mol. The van der Waals surface area contributed by atoms with Crippen LogP contribution in [0.2, 0.25) is 0 Å². The first-order chi connectivity index (χ1) is 5.65. The van der Waals surface area contributed by atoms with Crippen molar-refractivity contribution in [2.75, 3.05) is 7.11 Å². The van der Waals surface area contributed by atoms with Crippen molar-refractivity contribution in [2.45, 2.75) is 6.92 Å². The second-order valence-corrected chi connectivity index (χ2v) is 2.50. The summed E-state index contributed by atoms with van der Waals surface area (Å²) >= 11 is 0. The Hall–Kier alpha value is -1.51. The first-order valence-corrected chi connectivity index (χ1v) is 3.53. The van der Waals surface area contributed by atoms with Crippen LogP contribution in [0.15, 0.2) is 23.0 Å². The van der Waals surface area contributed by atoms with Crippen LogP contribution in [0.5, 0.6) is 11.5 Å². The molecule has 1 rings (SSSR count). The molecule has 1 aromatic rings. The highest BCUT2D eigenvalue weighted by molar-refractivity contribution is 5.38. The van der Waals surface area contributed by atoms with Gasteiger partial charge in [-0.15, -0.1) is 0 Å². The molecular weight excluding hydrogens is 156 g/mol. The number of methoxy groups -OCH3 is 1. The Morgan fingerprint density at radius 2 is 2.08 bits per heavy atom. The molecule has 0 atom stereocenters. The Morgan fingerprint density at radius 1 is 1.42 bits per heavy atom. The van der Waals surface area contributed by atoms with E-state index in [-0.39, 0.29) is 16.9 Å². The molecule has 3 heteroatoms. The Labute approximate surface area is 70.2 Å². The number of rotatable bonds is 1. The minimum Gasteiger partial charge on any atom is -0.504 e. The lowest BCUT2D eigenvalue weighted by atomic mass is 10.3. The van der Waals surface area contributed by atoms with E-state index in [1.807, 2.05) is 0 Å². The van der Waals surface area contributed by atoms with E-state index >= 15 is 0 Å². The number of hydrogen-bond acceptors (Lipinski definition) is 3. The molecule has 12 heavy (non-hydrogen) atoms. The van der Waals surface area contributed by atoms with Gasteiger partial charge in [-0.05, 0) is 24.6 Å². The lowest BCUT2D eigenvalue weighted by molar-refractivity contribution is 0.371. The molecule has 0 aliphatic rings. The van der Waals surface area contributed by atoms with E-state index in [0.29, 0.717) is 0 Å². The van der Waals surface area contributed by atoms with E-state index in [9.17, 15) is 9.90 Å². The highest BCUT2D eigenvalue weighted by Crippen LogP contribution is 2.18. The van der Waals surface area contributed by atoms with Gasteiger partial charge in [-0.25, -0.2) is 0 Å². The summed E-state index contributed by atoms with van der Waals surface area (Å²) in [7, 11) is 1.35. The number of aryl methyl sites for hydroxylation is 1. The molecule has 1 aromatic carbocycles. The summed E-state index contributed by atoms with van der Waals surface area (Å²) in [6.45, 7) is 1.78. The molecule has 0 amide bonds. The normalized spacial score (nSPS) is 9.50. The van der Waals surface area contributed by atoms with Gasteiger partial charge in [0.05, 0.1) is 7.11 Å². The minimum atomic E-state index is -0.308. The summed E-state index contributed by atoms with van der Waals surface area (Å²) < 4.78 is 4.73. The summed E-state index contributed by atoms with van der Waals surface area (Å²) in [5, 5.41) is 9.25. The third-order valence-electron chi connectivity index (χ3n) is 1.52. The van der Waals surface area contributed by atoms with Gasteiger partial charge in [0, 0.05) is 0 Å². The maximum atomic E-state index is 11.2. The molecule has 1 N–H and O–H groups in total. The van der Waals surface area contributed by atoms with Crippen molar-refractivity contribution in [3.8, 4) is 11.5 Å². The zero-order chi connectivity index (χ0) is 9.14.